The Labute approximate surface area is 164 Å². The van der Waals surface area contributed by atoms with Gasteiger partial charge in [0.05, 0.1) is 18.5 Å². The number of methoxy groups -OCH3 is 1. The van der Waals surface area contributed by atoms with Crippen LogP contribution in [0.5, 0.6) is 5.75 Å². The minimum absolute atomic E-state index is 0.847. The molecule has 0 bridgehead atoms. The van der Waals surface area contributed by atoms with Crippen molar-refractivity contribution < 1.29 is 4.74 Å². The Balaban J connectivity index is 1.81. The lowest BCUT2D eigenvalue weighted by Gasteiger charge is -2.29. The van der Waals surface area contributed by atoms with E-state index in [1.807, 2.05) is 53.5 Å². The van der Waals surface area contributed by atoms with Gasteiger partial charge in [0.1, 0.15) is 10.8 Å². The SMILES string of the molecule is COc1ccc(C2=C(C)SC(c3ccccc3)=NN2c2ccccc2)cc1. The van der Waals surface area contributed by atoms with Crippen LogP contribution in [-0.2, 0) is 0 Å². The first-order valence-electron chi connectivity index (χ1n) is 8.78. The molecule has 0 atom stereocenters. The van der Waals surface area contributed by atoms with Crippen LogP contribution in [0, 0.1) is 0 Å². The predicted molar refractivity (Wildman–Crippen MR) is 115 cm³/mol. The molecule has 1 heterocycles. The van der Waals surface area contributed by atoms with Gasteiger partial charge in [-0.3, -0.25) is 0 Å². The second-order valence-corrected chi connectivity index (χ2v) is 7.36. The average Bonchev–Trinajstić information content (AvgIpc) is 2.74. The minimum atomic E-state index is 0.847. The third-order valence-corrected chi connectivity index (χ3v) is 5.38. The zero-order chi connectivity index (χ0) is 18.6. The van der Waals surface area contributed by atoms with Crippen molar-refractivity contribution >= 4 is 28.2 Å². The van der Waals surface area contributed by atoms with E-state index in [-0.39, 0.29) is 0 Å². The number of anilines is 1. The molecular formula is C23H20N2OS. The molecule has 0 spiro atoms. The highest BCUT2D eigenvalue weighted by atomic mass is 32.2. The molecule has 0 aliphatic carbocycles. The van der Waals surface area contributed by atoms with Crippen molar-refractivity contribution in [2.45, 2.75) is 6.92 Å². The molecule has 1 aliphatic heterocycles. The Morgan fingerprint density at radius 2 is 1.41 bits per heavy atom. The summed E-state index contributed by atoms with van der Waals surface area (Å²) >= 11 is 1.71. The molecule has 3 aromatic rings. The van der Waals surface area contributed by atoms with Crippen LogP contribution in [0.15, 0.2) is 94.9 Å². The van der Waals surface area contributed by atoms with Crippen molar-refractivity contribution in [3.8, 4) is 5.75 Å². The number of hydrogen-bond donors (Lipinski definition) is 0. The van der Waals surface area contributed by atoms with Gasteiger partial charge in [-0.2, -0.15) is 5.10 Å². The van der Waals surface area contributed by atoms with Gasteiger partial charge in [0.2, 0.25) is 0 Å². The molecule has 27 heavy (non-hydrogen) atoms. The summed E-state index contributed by atoms with van der Waals surface area (Å²) in [5.74, 6) is 0.847. The Kier molecular flexibility index (Phi) is 4.99. The zero-order valence-corrected chi connectivity index (χ0v) is 16.1. The second-order valence-electron chi connectivity index (χ2n) is 6.15. The first-order valence-corrected chi connectivity index (χ1v) is 9.60. The highest BCUT2D eigenvalue weighted by Gasteiger charge is 2.24. The number of para-hydroxylation sites is 1. The predicted octanol–water partition coefficient (Wildman–Crippen LogP) is 6.00. The van der Waals surface area contributed by atoms with Gasteiger partial charge < -0.3 is 4.74 Å². The fraction of sp³-hybridized carbons (Fsp3) is 0.0870. The molecule has 0 N–H and O–H groups in total. The van der Waals surface area contributed by atoms with Crippen molar-refractivity contribution in [3.63, 3.8) is 0 Å². The number of allylic oxidation sites excluding steroid dienone is 1. The Bertz CT molecular complexity index is 980. The van der Waals surface area contributed by atoms with E-state index in [0.29, 0.717) is 0 Å². The molecule has 0 unspecified atom stereocenters. The Morgan fingerprint density at radius 1 is 0.778 bits per heavy atom. The van der Waals surface area contributed by atoms with E-state index >= 15 is 0 Å². The smallest absolute Gasteiger partial charge is 0.129 e. The number of rotatable bonds is 4. The van der Waals surface area contributed by atoms with E-state index in [9.17, 15) is 0 Å². The molecule has 0 aromatic heterocycles. The molecule has 0 saturated heterocycles. The Morgan fingerprint density at radius 3 is 2.04 bits per heavy atom. The molecular weight excluding hydrogens is 352 g/mol. The molecule has 4 rings (SSSR count). The maximum atomic E-state index is 5.31. The normalized spacial score (nSPS) is 14.1. The lowest BCUT2D eigenvalue weighted by Crippen LogP contribution is -2.22. The number of ether oxygens (including phenoxy) is 1. The van der Waals surface area contributed by atoms with Crippen LogP contribution in [0.4, 0.5) is 5.69 Å². The monoisotopic (exact) mass is 372 g/mol. The summed E-state index contributed by atoms with van der Waals surface area (Å²) < 4.78 is 5.31. The van der Waals surface area contributed by atoms with Crippen LogP contribution in [-0.4, -0.2) is 12.2 Å². The lowest BCUT2D eigenvalue weighted by molar-refractivity contribution is 0.415. The van der Waals surface area contributed by atoms with Gasteiger partial charge in [-0.05, 0) is 43.3 Å². The summed E-state index contributed by atoms with van der Waals surface area (Å²) in [4.78, 5) is 1.21. The third-order valence-electron chi connectivity index (χ3n) is 4.37. The standard InChI is InChI=1S/C23H20N2OS/c1-17-22(18-13-15-21(26-2)16-14-18)25(20-11-7-4-8-12-20)24-23(27-17)19-9-5-3-6-10-19/h3-16H,1-2H3. The highest BCUT2D eigenvalue weighted by molar-refractivity contribution is 8.17. The zero-order valence-electron chi connectivity index (χ0n) is 15.3. The largest absolute Gasteiger partial charge is 0.497 e. The topological polar surface area (TPSA) is 24.8 Å². The fourth-order valence-electron chi connectivity index (χ4n) is 3.03. The quantitative estimate of drug-likeness (QED) is 0.561. The van der Waals surface area contributed by atoms with Crippen LogP contribution in [0.2, 0.25) is 0 Å². The van der Waals surface area contributed by atoms with Crippen LogP contribution in [0.3, 0.4) is 0 Å². The minimum Gasteiger partial charge on any atom is -0.497 e. The van der Waals surface area contributed by atoms with Gasteiger partial charge in [0, 0.05) is 16.0 Å². The van der Waals surface area contributed by atoms with E-state index in [2.05, 4.69) is 43.3 Å². The summed E-state index contributed by atoms with van der Waals surface area (Å²) in [6.07, 6.45) is 0. The summed E-state index contributed by atoms with van der Waals surface area (Å²) in [5, 5.41) is 8.03. The van der Waals surface area contributed by atoms with Crippen molar-refractivity contribution in [2.75, 3.05) is 12.1 Å². The van der Waals surface area contributed by atoms with Crippen molar-refractivity contribution in [1.82, 2.24) is 0 Å². The number of thioether (sulfide) groups is 1. The van der Waals surface area contributed by atoms with Gasteiger partial charge >= 0.3 is 0 Å². The van der Waals surface area contributed by atoms with Gasteiger partial charge in [0.15, 0.2) is 0 Å². The molecule has 3 aromatic carbocycles. The van der Waals surface area contributed by atoms with Crippen molar-refractivity contribution in [1.29, 1.82) is 0 Å². The van der Waals surface area contributed by atoms with E-state index in [4.69, 9.17) is 9.84 Å². The maximum absolute atomic E-state index is 5.31. The number of hydrazone groups is 1. The molecule has 134 valence electrons. The molecule has 0 fully saturated rings. The van der Waals surface area contributed by atoms with Crippen molar-refractivity contribution in [2.24, 2.45) is 5.10 Å². The van der Waals surface area contributed by atoms with Crippen molar-refractivity contribution in [3.05, 3.63) is 101 Å². The van der Waals surface area contributed by atoms with E-state index < -0.39 is 0 Å². The molecule has 4 heteroatoms. The van der Waals surface area contributed by atoms with Gasteiger partial charge in [-0.15, -0.1) is 0 Å². The van der Waals surface area contributed by atoms with Crippen LogP contribution in [0.1, 0.15) is 18.1 Å². The molecule has 3 nitrogen and oxygen atoms in total. The summed E-state index contributed by atoms with van der Waals surface area (Å²) in [6, 6.07) is 28.7. The van der Waals surface area contributed by atoms with Crippen LogP contribution < -0.4 is 9.75 Å². The maximum Gasteiger partial charge on any atom is 0.129 e. The molecule has 1 aliphatic rings. The second kappa shape index (κ2) is 7.72. The molecule has 0 radical (unpaired) electrons. The molecule has 0 amide bonds. The first kappa shape index (κ1) is 17.4. The highest BCUT2D eigenvalue weighted by Crippen LogP contribution is 2.39. The van der Waals surface area contributed by atoms with Gasteiger partial charge in [-0.25, -0.2) is 5.01 Å². The lowest BCUT2D eigenvalue weighted by atomic mass is 10.1. The van der Waals surface area contributed by atoms with Crippen LogP contribution >= 0.6 is 11.8 Å². The number of hydrogen-bond acceptors (Lipinski definition) is 4. The Hall–Kier alpha value is -2.98. The van der Waals surface area contributed by atoms with Gasteiger partial charge in [0.25, 0.3) is 0 Å². The first-order chi connectivity index (χ1) is 13.3. The van der Waals surface area contributed by atoms with Crippen LogP contribution in [0.25, 0.3) is 5.70 Å². The number of benzene rings is 3. The van der Waals surface area contributed by atoms with E-state index in [1.54, 1.807) is 18.9 Å². The van der Waals surface area contributed by atoms with E-state index in [0.717, 1.165) is 33.3 Å². The summed E-state index contributed by atoms with van der Waals surface area (Å²) in [5.41, 5.74) is 4.36. The van der Waals surface area contributed by atoms with E-state index in [1.165, 1.54) is 4.91 Å². The third kappa shape index (κ3) is 3.62. The summed E-state index contributed by atoms with van der Waals surface area (Å²) in [6.45, 7) is 2.15. The fourth-order valence-corrected chi connectivity index (χ4v) is 4.00. The van der Waals surface area contributed by atoms with Gasteiger partial charge in [-0.1, -0.05) is 60.3 Å². The molecule has 0 saturated carbocycles. The average molecular weight is 372 g/mol. The summed E-state index contributed by atoms with van der Waals surface area (Å²) in [7, 11) is 1.68. The number of nitrogens with zero attached hydrogens (tertiary/aromatic N) is 2.